The first-order chi connectivity index (χ1) is 8.61. The highest BCUT2D eigenvalue weighted by Gasteiger charge is 2.13. The molecule has 0 amide bonds. The van der Waals surface area contributed by atoms with Crippen LogP contribution in [0.3, 0.4) is 0 Å². The minimum atomic E-state index is 0.482. The molecule has 0 radical (unpaired) electrons. The second-order valence-electron chi connectivity index (χ2n) is 4.63. The Morgan fingerprint density at radius 1 is 1.22 bits per heavy atom. The fourth-order valence-corrected chi connectivity index (χ4v) is 2.79. The minimum Gasteiger partial charge on any atom is -0.265 e. The van der Waals surface area contributed by atoms with Crippen molar-refractivity contribution < 1.29 is 0 Å². The Kier molecular flexibility index (Phi) is 4.62. The molecule has 0 aliphatic rings. The quantitative estimate of drug-likeness (QED) is 0.711. The van der Waals surface area contributed by atoms with Crippen LogP contribution in [0.5, 0.6) is 0 Å². The number of alkyl halides is 1. The Morgan fingerprint density at radius 2 is 1.89 bits per heavy atom. The Labute approximate surface area is 125 Å². The van der Waals surface area contributed by atoms with E-state index in [0.717, 1.165) is 16.3 Å². The predicted molar refractivity (Wildman–Crippen MR) is 82.2 cm³/mol. The van der Waals surface area contributed by atoms with Crippen LogP contribution in [-0.2, 0) is 11.9 Å². The van der Waals surface area contributed by atoms with E-state index in [0.29, 0.717) is 5.92 Å². The second kappa shape index (κ2) is 6.02. The molecular formula is C14H16Br2N2. The number of rotatable bonds is 4. The van der Waals surface area contributed by atoms with Gasteiger partial charge >= 0.3 is 0 Å². The van der Waals surface area contributed by atoms with Crippen molar-refractivity contribution in [3.8, 4) is 0 Å². The van der Waals surface area contributed by atoms with Gasteiger partial charge in [0.25, 0.3) is 0 Å². The first-order valence-electron chi connectivity index (χ1n) is 5.96. The summed E-state index contributed by atoms with van der Waals surface area (Å²) in [5.74, 6) is 0.482. The fourth-order valence-electron chi connectivity index (χ4n) is 2.09. The smallest absolute Gasteiger partial charge is 0.0662 e. The zero-order chi connectivity index (χ0) is 13.1. The van der Waals surface area contributed by atoms with Crippen LogP contribution in [0.4, 0.5) is 0 Å². The topological polar surface area (TPSA) is 17.8 Å². The van der Waals surface area contributed by atoms with Gasteiger partial charge in [-0.15, -0.1) is 0 Å². The van der Waals surface area contributed by atoms with E-state index in [-0.39, 0.29) is 0 Å². The van der Waals surface area contributed by atoms with Gasteiger partial charge in [-0.1, -0.05) is 57.8 Å². The lowest BCUT2D eigenvalue weighted by Gasteiger charge is -2.12. The van der Waals surface area contributed by atoms with E-state index in [1.807, 2.05) is 6.20 Å². The number of halogens is 2. The van der Waals surface area contributed by atoms with Gasteiger partial charge in [0.05, 0.1) is 12.7 Å². The van der Waals surface area contributed by atoms with Crippen molar-refractivity contribution in [2.45, 2.75) is 31.6 Å². The molecular weight excluding hydrogens is 356 g/mol. The first kappa shape index (κ1) is 13.8. The summed E-state index contributed by atoms with van der Waals surface area (Å²) in [7, 11) is 0. The van der Waals surface area contributed by atoms with Gasteiger partial charge in [0, 0.05) is 21.1 Å². The third-order valence-electron chi connectivity index (χ3n) is 2.90. The lowest BCUT2D eigenvalue weighted by Crippen LogP contribution is -2.08. The van der Waals surface area contributed by atoms with Crippen LogP contribution in [-0.4, -0.2) is 9.78 Å². The van der Waals surface area contributed by atoms with Gasteiger partial charge < -0.3 is 0 Å². The van der Waals surface area contributed by atoms with Crippen molar-refractivity contribution in [1.29, 1.82) is 0 Å². The van der Waals surface area contributed by atoms with E-state index in [4.69, 9.17) is 0 Å². The van der Waals surface area contributed by atoms with E-state index < -0.39 is 0 Å². The molecule has 0 saturated carbocycles. The number of nitrogens with zero attached hydrogens (tertiary/aromatic N) is 2. The molecule has 0 bridgehead atoms. The molecule has 0 aliphatic heterocycles. The van der Waals surface area contributed by atoms with Crippen LogP contribution in [0.1, 0.15) is 36.6 Å². The molecule has 0 unspecified atom stereocenters. The number of aromatic nitrogens is 2. The maximum absolute atomic E-state index is 4.50. The van der Waals surface area contributed by atoms with E-state index >= 15 is 0 Å². The maximum Gasteiger partial charge on any atom is 0.0662 e. The summed E-state index contributed by atoms with van der Waals surface area (Å²) in [5.41, 5.74) is 3.86. The van der Waals surface area contributed by atoms with Crippen LogP contribution in [0, 0.1) is 0 Å². The average Bonchev–Trinajstić information content (AvgIpc) is 2.75. The molecule has 2 rings (SSSR count). The summed E-state index contributed by atoms with van der Waals surface area (Å²) in [5, 5.41) is 5.36. The SMILES string of the molecule is CC(C)c1c(CBr)cnn1Cc1ccc(Br)cc1. The van der Waals surface area contributed by atoms with Gasteiger partial charge in [-0.25, -0.2) is 0 Å². The zero-order valence-electron chi connectivity index (χ0n) is 10.5. The molecule has 0 aliphatic carbocycles. The molecule has 0 spiro atoms. The highest BCUT2D eigenvalue weighted by atomic mass is 79.9. The molecule has 4 heteroatoms. The highest BCUT2D eigenvalue weighted by Crippen LogP contribution is 2.22. The fraction of sp³-hybridized carbons (Fsp3) is 0.357. The van der Waals surface area contributed by atoms with Gasteiger partial charge in [0.1, 0.15) is 0 Å². The second-order valence-corrected chi connectivity index (χ2v) is 6.10. The third kappa shape index (κ3) is 3.04. The number of benzene rings is 1. The zero-order valence-corrected chi connectivity index (χ0v) is 13.7. The predicted octanol–water partition coefficient (Wildman–Crippen LogP) is 4.71. The molecule has 0 saturated heterocycles. The minimum absolute atomic E-state index is 0.482. The number of hydrogen-bond donors (Lipinski definition) is 0. The van der Waals surface area contributed by atoms with Gasteiger partial charge in [-0.3, -0.25) is 4.68 Å². The van der Waals surface area contributed by atoms with Crippen LogP contribution < -0.4 is 0 Å². The molecule has 2 aromatic rings. The first-order valence-corrected chi connectivity index (χ1v) is 7.88. The van der Waals surface area contributed by atoms with Gasteiger partial charge in [0.15, 0.2) is 0 Å². The molecule has 0 fully saturated rings. The molecule has 96 valence electrons. The average molecular weight is 372 g/mol. The lowest BCUT2D eigenvalue weighted by atomic mass is 10.1. The van der Waals surface area contributed by atoms with Crippen molar-refractivity contribution in [2.24, 2.45) is 0 Å². The van der Waals surface area contributed by atoms with Crippen LogP contribution >= 0.6 is 31.9 Å². The van der Waals surface area contributed by atoms with Crippen LogP contribution in [0.25, 0.3) is 0 Å². The Balaban J connectivity index is 2.28. The van der Waals surface area contributed by atoms with E-state index in [9.17, 15) is 0 Å². The van der Waals surface area contributed by atoms with Crippen molar-refractivity contribution in [3.05, 3.63) is 51.8 Å². The largest absolute Gasteiger partial charge is 0.265 e. The molecule has 1 heterocycles. The summed E-state index contributed by atoms with van der Waals surface area (Å²) in [6.07, 6.45) is 1.96. The molecule has 1 aromatic carbocycles. The monoisotopic (exact) mass is 370 g/mol. The lowest BCUT2D eigenvalue weighted by molar-refractivity contribution is 0.615. The van der Waals surface area contributed by atoms with Crippen LogP contribution in [0.15, 0.2) is 34.9 Å². The molecule has 0 atom stereocenters. The summed E-state index contributed by atoms with van der Waals surface area (Å²) in [4.78, 5) is 0. The summed E-state index contributed by atoms with van der Waals surface area (Å²) in [6.45, 7) is 5.25. The highest BCUT2D eigenvalue weighted by molar-refractivity contribution is 9.10. The van der Waals surface area contributed by atoms with Crippen molar-refractivity contribution >= 4 is 31.9 Å². The Morgan fingerprint density at radius 3 is 2.44 bits per heavy atom. The van der Waals surface area contributed by atoms with Crippen molar-refractivity contribution in [3.63, 3.8) is 0 Å². The molecule has 0 N–H and O–H groups in total. The summed E-state index contributed by atoms with van der Waals surface area (Å²) >= 11 is 6.98. The van der Waals surface area contributed by atoms with E-state index in [1.54, 1.807) is 0 Å². The summed E-state index contributed by atoms with van der Waals surface area (Å²) in [6, 6.07) is 8.39. The van der Waals surface area contributed by atoms with Crippen molar-refractivity contribution in [2.75, 3.05) is 0 Å². The van der Waals surface area contributed by atoms with Gasteiger partial charge in [0.2, 0.25) is 0 Å². The van der Waals surface area contributed by atoms with E-state index in [1.165, 1.54) is 16.8 Å². The van der Waals surface area contributed by atoms with Crippen molar-refractivity contribution in [1.82, 2.24) is 9.78 Å². The van der Waals surface area contributed by atoms with Crippen LogP contribution in [0.2, 0.25) is 0 Å². The standard InChI is InChI=1S/C14H16Br2N2/c1-10(2)14-12(7-15)8-17-18(14)9-11-3-5-13(16)6-4-11/h3-6,8,10H,7,9H2,1-2H3. The normalized spacial score (nSPS) is 11.2. The Hall–Kier alpha value is -0.610. The number of hydrogen-bond acceptors (Lipinski definition) is 1. The van der Waals surface area contributed by atoms with Gasteiger partial charge in [-0.2, -0.15) is 5.10 Å². The van der Waals surface area contributed by atoms with Gasteiger partial charge in [-0.05, 0) is 23.6 Å². The Bertz CT molecular complexity index is 515. The molecule has 1 aromatic heterocycles. The third-order valence-corrected chi connectivity index (χ3v) is 4.03. The molecule has 2 nitrogen and oxygen atoms in total. The van der Waals surface area contributed by atoms with E-state index in [2.05, 4.69) is 79.8 Å². The molecule has 18 heavy (non-hydrogen) atoms. The summed E-state index contributed by atoms with van der Waals surface area (Å²) < 4.78 is 3.21. The maximum atomic E-state index is 4.50.